The second-order valence-corrected chi connectivity index (χ2v) is 15.2. The fraction of sp³-hybridized carbons (Fsp3) is 0.455. The van der Waals surface area contributed by atoms with Crippen molar-refractivity contribution < 1.29 is 18.3 Å². The van der Waals surface area contributed by atoms with Crippen LogP contribution in [0.5, 0.6) is 6.01 Å². The molecule has 1 atom stereocenters. The number of likely N-dealkylation sites (tertiary alicyclic amines) is 1. The van der Waals surface area contributed by atoms with E-state index in [-0.39, 0.29) is 71.2 Å². The number of fused-ring (bicyclic) bond motifs is 3. The second kappa shape index (κ2) is 10.3. The number of halogens is 3. The van der Waals surface area contributed by atoms with Crippen molar-refractivity contribution in [3.63, 3.8) is 0 Å². The van der Waals surface area contributed by atoms with Gasteiger partial charge in [0, 0.05) is 54.5 Å². The number of thiophene rings is 1. The number of nitrogens with two attached hydrogens (primary N) is 1. The number of rotatable bonds is 6. The van der Waals surface area contributed by atoms with Crippen molar-refractivity contribution in [1.29, 1.82) is 5.26 Å². The summed E-state index contributed by atoms with van der Waals surface area (Å²) in [5.74, 6) is -0.599. The van der Waals surface area contributed by atoms with Crippen LogP contribution in [0.15, 0.2) is 18.2 Å². The summed E-state index contributed by atoms with van der Waals surface area (Å²) in [7, 11) is 0. The van der Waals surface area contributed by atoms with E-state index in [1.54, 1.807) is 6.07 Å². The highest BCUT2D eigenvalue weighted by Gasteiger charge is 2.55. The van der Waals surface area contributed by atoms with Gasteiger partial charge < -0.3 is 25.6 Å². The van der Waals surface area contributed by atoms with E-state index in [2.05, 4.69) is 20.1 Å². The molecule has 1 spiro atoms. The van der Waals surface area contributed by atoms with Crippen molar-refractivity contribution >= 4 is 60.7 Å². The number of nitrogens with zero attached hydrogens (tertiary/aromatic N) is 6. The summed E-state index contributed by atoms with van der Waals surface area (Å²) >= 11 is 7.79. The van der Waals surface area contributed by atoms with Gasteiger partial charge in [-0.2, -0.15) is 15.2 Å². The van der Waals surface area contributed by atoms with Gasteiger partial charge in [-0.1, -0.05) is 17.7 Å². The zero-order valence-corrected chi connectivity index (χ0v) is 27.0. The third-order valence-corrected chi connectivity index (χ3v) is 12.1. The molecule has 3 N–H and O–H groups in total. The van der Waals surface area contributed by atoms with Crippen molar-refractivity contribution in [2.45, 2.75) is 37.3 Å². The molecule has 5 saturated heterocycles. The smallest absolute Gasteiger partial charge is 0.319 e. The second-order valence-electron chi connectivity index (χ2n) is 13.7. The minimum atomic E-state index is -0.711. The number of hydrogen-bond acceptors (Lipinski definition) is 10. The van der Waals surface area contributed by atoms with Crippen LogP contribution in [0.1, 0.15) is 31.2 Å². The van der Waals surface area contributed by atoms with Gasteiger partial charge >= 0.3 is 6.01 Å². The molecule has 242 valence electrons. The molecule has 5 aliphatic rings. The minimum Gasteiger partial charge on any atom is -0.461 e. The topological polar surface area (TPSA) is 134 Å². The van der Waals surface area contributed by atoms with Crippen LogP contribution in [-0.4, -0.2) is 89.7 Å². The van der Waals surface area contributed by atoms with Gasteiger partial charge in [-0.15, -0.1) is 11.3 Å². The first kappa shape index (κ1) is 29.3. The Balaban J connectivity index is 1.13. The molecule has 2 aromatic heterocycles. The molecule has 7 heterocycles. The van der Waals surface area contributed by atoms with Gasteiger partial charge in [-0.05, 0) is 56.5 Å². The Hall–Kier alpha value is -3.83. The molecular formula is C33H31ClF2N8O2S. The monoisotopic (exact) mass is 676 g/mol. The fourth-order valence-corrected chi connectivity index (χ4v) is 9.61. The maximum atomic E-state index is 16.9. The van der Waals surface area contributed by atoms with Gasteiger partial charge in [0.05, 0.1) is 26.9 Å². The van der Waals surface area contributed by atoms with Crippen LogP contribution >= 0.6 is 22.9 Å². The molecule has 5 aliphatic heterocycles. The molecular weight excluding hydrogens is 646 g/mol. The van der Waals surface area contributed by atoms with Gasteiger partial charge in [0.15, 0.2) is 5.82 Å². The number of nitrogens with one attached hydrogen (secondary N) is 1. The summed E-state index contributed by atoms with van der Waals surface area (Å²) in [5.41, 5.74) is 6.35. The normalized spacial score (nSPS) is 22.4. The third-order valence-electron chi connectivity index (χ3n) is 10.7. The molecule has 0 saturated carbocycles. The molecule has 1 amide bonds. The molecule has 0 bridgehead atoms. The molecule has 14 heteroatoms. The summed E-state index contributed by atoms with van der Waals surface area (Å²) in [6.45, 7) is 5.88. The van der Waals surface area contributed by atoms with Crippen LogP contribution in [-0.2, 0) is 4.79 Å². The largest absolute Gasteiger partial charge is 0.461 e. The first-order chi connectivity index (χ1) is 22.7. The molecule has 0 aliphatic carbocycles. The van der Waals surface area contributed by atoms with E-state index in [0.717, 1.165) is 56.7 Å². The van der Waals surface area contributed by atoms with Crippen molar-refractivity contribution in [2.24, 2.45) is 5.41 Å². The average Bonchev–Trinajstić information content (AvgIpc) is 3.54. The van der Waals surface area contributed by atoms with E-state index in [1.165, 1.54) is 12.1 Å². The van der Waals surface area contributed by atoms with Gasteiger partial charge in [0.25, 0.3) is 0 Å². The molecule has 2 aromatic carbocycles. The van der Waals surface area contributed by atoms with Crippen molar-refractivity contribution in [2.75, 3.05) is 63.1 Å². The number of aromatic nitrogens is 2. The SMILES string of the molecule is N#Cc1c(N)sc2c(F)ccc(-c3c(Cl)cc4c(N5CC6(CN(C(=O)C7CN7)C6)C5)nc(OCC56CCCN5CCC6)nc4c3F)c12. The number of hydrogen-bond donors (Lipinski definition) is 2. The van der Waals surface area contributed by atoms with E-state index < -0.39 is 11.6 Å². The molecule has 0 radical (unpaired) electrons. The van der Waals surface area contributed by atoms with Crippen molar-refractivity contribution in [3.05, 3.63) is 40.4 Å². The first-order valence-corrected chi connectivity index (χ1v) is 17.1. The zero-order valence-electron chi connectivity index (χ0n) is 25.4. The highest BCUT2D eigenvalue weighted by atomic mass is 35.5. The maximum Gasteiger partial charge on any atom is 0.319 e. The summed E-state index contributed by atoms with van der Waals surface area (Å²) in [6.07, 6.45) is 4.29. The lowest BCUT2D eigenvalue weighted by Crippen LogP contribution is -2.73. The molecule has 47 heavy (non-hydrogen) atoms. The molecule has 5 fully saturated rings. The van der Waals surface area contributed by atoms with E-state index in [0.29, 0.717) is 44.0 Å². The van der Waals surface area contributed by atoms with E-state index in [1.807, 2.05) is 11.0 Å². The predicted octanol–water partition coefficient (Wildman–Crippen LogP) is 4.52. The van der Waals surface area contributed by atoms with Crippen LogP contribution in [0.2, 0.25) is 5.02 Å². The van der Waals surface area contributed by atoms with Crippen LogP contribution in [0, 0.1) is 28.4 Å². The van der Waals surface area contributed by atoms with Crippen molar-refractivity contribution in [3.8, 4) is 23.2 Å². The standard InChI is InChI=1S/C33H31ClF2N8O2S/c34-20-9-18-26(25(36)24(20)17-3-4-21(35)27-23(17)19(10-37)28(38)47-27)40-31(46-16-33-5-1-7-44(33)8-2-6-33)41-29(18)42-12-32(13-42)14-43(15-32)30(45)22-11-39-22/h3-4,9,22,39H,1-2,5-8,11-16,38H2. The molecule has 9 rings (SSSR count). The number of nitriles is 1. The number of benzene rings is 2. The van der Waals surface area contributed by atoms with Gasteiger partial charge in [0.2, 0.25) is 5.91 Å². The first-order valence-electron chi connectivity index (χ1n) is 15.9. The van der Waals surface area contributed by atoms with E-state index >= 15 is 4.39 Å². The Kier molecular flexibility index (Phi) is 6.45. The molecule has 10 nitrogen and oxygen atoms in total. The van der Waals surface area contributed by atoms with E-state index in [9.17, 15) is 14.4 Å². The highest BCUT2D eigenvalue weighted by molar-refractivity contribution is 7.23. The summed E-state index contributed by atoms with van der Waals surface area (Å²) < 4.78 is 38.3. The summed E-state index contributed by atoms with van der Waals surface area (Å²) in [4.78, 5) is 28.4. The summed E-state index contributed by atoms with van der Waals surface area (Å²) in [5, 5.41) is 13.8. The Bertz CT molecular complexity index is 2040. The van der Waals surface area contributed by atoms with Crippen LogP contribution < -0.4 is 20.7 Å². The van der Waals surface area contributed by atoms with Crippen LogP contribution in [0.3, 0.4) is 0 Å². The Morgan fingerprint density at radius 3 is 2.64 bits per heavy atom. The van der Waals surface area contributed by atoms with E-state index in [4.69, 9.17) is 27.1 Å². The van der Waals surface area contributed by atoms with Gasteiger partial charge in [0.1, 0.15) is 34.8 Å². The Morgan fingerprint density at radius 2 is 1.94 bits per heavy atom. The Morgan fingerprint density at radius 1 is 1.19 bits per heavy atom. The lowest BCUT2D eigenvalue weighted by atomic mass is 9.72. The molecule has 1 unspecified atom stereocenters. The van der Waals surface area contributed by atoms with Gasteiger partial charge in [-0.25, -0.2) is 8.78 Å². The van der Waals surface area contributed by atoms with Crippen LogP contribution in [0.25, 0.3) is 32.1 Å². The average molecular weight is 677 g/mol. The lowest BCUT2D eigenvalue weighted by Gasteiger charge is -2.60. The number of nitrogen functional groups attached to an aromatic ring is 1. The highest BCUT2D eigenvalue weighted by Crippen LogP contribution is 2.48. The quantitative estimate of drug-likeness (QED) is 0.283. The number of carbonyl (C=O) groups excluding carboxylic acids is 1. The fourth-order valence-electron chi connectivity index (χ4n) is 8.37. The number of carbonyl (C=O) groups is 1. The van der Waals surface area contributed by atoms with Crippen LogP contribution in [0.4, 0.5) is 19.6 Å². The zero-order chi connectivity index (χ0) is 32.2. The van der Waals surface area contributed by atoms with Gasteiger partial charge in [-0.3, -0.25) is 9.69 Å². The predicted molar refractivity (Wildman–Crippen MR) is 176 cm³/mol. The Labute approximate surface area is 278 Å². The number of ether oxygens (including phenoxy) is 1. The number of amides is 1. The lowest BCUT2D eigenvalue weighted by molar-refractivity contribution is -0.144. The van der Waals surface area contributed by atoms with Crippen molar-refractivity contribution in [1.82, 2.24) is 25.1 Å². The maximum absolute atomic E-state index is 16.9. The molecule has 4 aromatic rings. The number of anilines is 2. The minimum absolute atomic E-state index is 0.00679. The summed E-state index contributed by atoms with van der Waals surface area (Å²) in [6, 6.07) is 6.37. The third kappa shape index (κ3) is 4.41.